The highest BCUT2D eigenvalue weighted by molar-refractivity contribution is 7.07. The minimum atomic E-state index is -0.223. The van der Waals surface area contributed by atoms with Crippen molar-refractivity contribution in [3.8, 4) is 0 Å². The number of aromatic nitrogens is 1. The fourth-order valence-electron chi connectivity index (χ4n) is 2.74. The van der Waals surface area contributed by atoms with Crippen LogP contribution in [0.1, 0.15) is 17.5 Å². The van der Waals surface area contributed by atoms with Crippen molar-refractivity contribution in [2.24, 2.45) is 0 Å². The lowest BCUT2D eigenvalue weighted by atomic mass is 10.0. The van der Waals surface area contributed by atoms with E-state index < -0.39 is 0 Å². The van der Waals surface area contributed by atoms with Gasteiger partial charge in [-0.25, -0.2) is 0 Å². The predicted octanol–water partition coefficient (Wildman–Crippen LogP) is 2.32. The first-order chi connectivity index (χ1) is 9.33. The quantitative estimate of drug-likeness (QED) is 0.929. The van der Waals surface area contributed by atoms with E-state index in [9.17, 15) is 5.11 Å². The van der Waals surface area contributed by atoms with Crippen LogP contribution >= 0.6 is 11.3 Å². The maximum Gasteiger partial charge on any atom is 0.0710 e. The molecule has 0 saturated carbocycles. The molecule has 0 unspecified atom stereocenters. The molecule has 1 fully saturated rings. The Hall–Kier alpha value is -1.23. The molecule has 2 aromatic heterocycles. The van der Waals surface area contributed by atoms with Crippen LogP contribution in [0, 0.1) is 0 Å². The van der Waals surface area contributed by atoms with E-state index in [4.69, 9.17) is 0 Å². The summed E-state index contributed by atoms with van der Waals surface area (Å²) in [4.78, 5) is 6.54. The lowest BCUT2D eigenvalue weighted by Crippen LogP contribution is -2.36. The van der Waals surface area contributed by atoms with Crippen molar-refractivity contribution < 1.29 is 5.11 Å². The zero-order chi connectivity index (χ0) is 13.1. The average Bonchev–Trinajstić information content (AvgIpc) is 3.05. The topological polar surface area (TPSA) is 36.4 Å². The summed E-state index contributed by atoms with van der Waals surface area (Å²) in [6, 6.07) is 6.42. The number of likely N-dealkylation sites (tertiary alicyclic amines) is 1. The second kappa shape index (κ2) is 5.82. The van der Waals surface area contributed by atoms with E-state index in [-0.39, 0.29) is 12.1 Å². The largest absolute Gasteiger partial charge is 0.391 e. The van der Waals surface area contributed by atoms with Crippen molar-refractivity contribution in [3.63, 3.8) is 0 Å². The van der Waals surface area contributed by atoms with E-state index in [0.717, 1.165) is 25.9 Å². The van der Waals surface area contributed by atoms with Crippen LogP contribution in [0.5, 0.6) is 0 Å². The zero-order valence-electron chi connectivity index (χ0n) is 10.8. The van der Waals surface area contributed by atoms with Crippen molar-refractivity contribution in [3.05, 3.63) is 52.5 Å². The van der Waals surface area contributed by atoms with Crippen LogP contribution in [0.4, 0.5) is 0 Å². The predicted molar refractivity (Wildman–Crippen MR) is 77.1 cm³/mol. The molecule has 1 aliphatic rings. The Morgan fingerprint density at radius 2 is 2.32 bits per heavy atom. The lowest BCUT2D eigenvalue weighted by Gasteiger charge is -2.25. The molecular formula is C15H18N2OS. The summed E-state index contributed by atoms with van der Waals surface area (Å²) in [5.41, 5.74) is 2.54. The number of hydrogen-bond acceptors (Lipinski definition) is 4. The van der Waals surface area contributed by atoms with Crippen LogP contribution in [-0.4, -0.2) is 33.7 Å². The van der Waals surface area contributed by atoms with Crippen molar-refractivity contribution in [2.75, 3.05) is 6.54 Å². The molecule has 0 aromatic carbocycles. The Balaban J connectivity index is 1.70. The molecule has 0 radical (unpaired) electrons. The first-order valence-electron chi connectivity index (χ1n) is 6.65. The molecule has 4 heteroatoms. The molecule has 100 valence electrons. The molecule has 0 bridgehead atoms. The number of hydrogen-bond donors (Lipinski definition) is 1. The monoisotopic (exact) mass is 274 g/mol. The van der Waals surface area contributed by atoms with Gasteiger partial charge in [-0.15, -0.1) is 0 Å². The van der Waals surface area contributed by atoms with E-state index >= 15 is 0 Å². The maximum absolute atomic E-state index is 10.2. The Bertz CT molecular complexity index is 500. The molecule has 0 amide bonds. The Kier molecular flexibility index (Phi) is 3.92. The molecule has 19 heavy (non-hydrogen) atoms. The lowest BCUT2D eigenvalue weighted by molar-refractivity contribution is 0.112. The van der Waals surface area contributed by atoms with Gasteiger partial charge in [0.25, 0.3) is 0 Å². The van der Waals surface area contributed by atoms with Crippen molar-refractivity contribution in [1.29, 1.82) is 0 Å². The van der Waals surface area contributed by atoms with E-state index in [2.05, 4.69) is 32.8 Å². The second-order valence-electron chi connectivity index (χ2n) is 5.09. The molecule has 3 heterocycles. The number of pyridine rings is 1. The first kappa shape index (κ1) is 12.8. The van der Waals surface area contributed by atoms with E-state index in [1.54, 1.807) is 17.5 Å². The fraction of sp³-hybridized carbons (Fsp3) is 0.400. The van der Waals surface area contributed by atoms with Crippen LogP contribution < -0.4 is 0 Å². The van der Waals surface area contributed by atoms with Gasteiger partial charge in [0.05, 0.1) is 6.10 Å². The van der Waals surface area contributed by atoms with Crippen LogP contribution in [0.25, 0.3) is 0 Å². The highest BCUT2D eigenvalue weighted by Crippen LogP contribution is 2.24. The smallest absolute Gasteiger partial charge is 0.0710 e. The molecule has 2 atom stereocenters. The van der Waals surface area contributed by atoms with Crippen LogP contribution in [0.15, 0.2) is 41.4 Å². The van der Waals surface area contributed by atoms with Gasteiger partial charge in [0, 0.05) is 31.5 Å². The average molecular weight is 274 g/mol. The normalized spacial score (nSPS) is 23.8. The molecule has 2 aromatic rings. The number of rotatable bonds is 4. The molecule has 1 N–H and O–H groups in total. The van der Waals surface area contributed by atoms with E-state index in [1.165, 1.54) is 11.1 Å². The number of aliphatic hydroxyl groups is 1. The van der Waals surface area contributed by atoms with Gasteiger partial charge in [0.2, 0.25) is 0 Å². The molecule has 1 saturated heterocycles. The molecule has 3 rings (SSSR count). The molecule has 3 nitrogen and oxygen atoms in total. The van der Waals surface area contributed by atoms with Gasteiger partial charge in [-0.2, -0.15) is 11.3 Å². The summed E-state index contributed by atoms with van der Waals surface area (Å²) in [7, 11) is 0. The van der Waals surface area contributed by atoms with Gasteiger partial charge >= 0.3 is 0 Å². The standard InChI is InChI=1S/C15H18N2OS/c18-15-3-6-17(10-13-4-7-19-11-13)14(15)8-12-2-1-5-16-9-12/h1-2,4-5,7,9,11,14-15,18H,3,6,8,10H2/t14-,15-/m0/s1. The molecule has 0 aliphatic carbocycles. The minimum Gasteiger partial charge on any atom is -0.391 e. The Labute approximate surface area is 117 Å². The highest BCUT2D eigenvalue weighted by atomic mass is 32.1. The van der Waals surface area contributed by atoms with E-state index in [0.29, 0.717) is 0 Å². The molecular weight excluding hydrogens is 256 g/mol. The minimum absolute atomic E-state index is 0.212. The SMILES string of the molecule is O[C@H]1CCN(Cc2ccsc2)[C@H]1Cc1cccnc1. The van der Waals surface area contributed by atoms with Crippen molar-refractivity contribution in [2.45, 2.75) is 31.5 Å². The van der Waals surface area contributed by atoms with Gasteiger partial charge < -0.3 is 5.11 Å². The van der Waals surface area contributed by atoms with Crippen molar-refractivity contribution >= 4 is 11.3 Å². The Morgan fingerprint density at radius 1 is 1.37 bits per heavy atom. The van der Waals surface area contributed by atoms with Gasteiger partial charge in [-0.1, -0.05) is 6.07 Å². The van der Waals surface area contributed by atoms with E-state index in [1.807, 2.05) is 12.3 Å². The molecule has 1 aliphatic heterocycles. The van der Waals surface area contributed by atoms with Gasteiger partial charge in [0.1, 0.15) is 0 Å². The summed E-state index contributed by atoms with van der Waals surface area (Å²) in [6.45, 7) is 1.91. The highest BCUT2D eigenvalue weighted by Gasteiger charge is 2.32. The fourth-order valence-corrected chi connectivity index (χ4v) is 3.40. The van der Waals surface area contributed by atoms with Crippen LogP contribution in [0.2, 0.25) is 0 Å². The summed E-state index contributed by atoms with van der Waals surface area (Å²) >= 11 is 1.73. The third-order valence-corrected chi connectivity index (χ3v) is 4.49. The summed E-state index contributed by atoms with van der Waals surface area (Å²) in [5, 5.41) is 14.5. The Morgan fingerprint density at radius 3 is 3.05 bits per heavy atom. The maximum atomic E-state index is 10.2. The number of thiophene rings is 1. The van der Waals surface area contributed by atoms with Gasteiger partial charge in [0.15, 0.2) is 0 Å². The second-order valence-corrected chi connectivity index (χ2v) is 5.87. The summed E-state index contributed by atoms with van der Waals surface area (Å²) in [6.07, 6.45) is 5.21. The number of nitrogens with zero attached hydrogens (tertiary/aromatic N) is 2. The van der Waals surface area contributed by atoms with Crippen molar-refractivity contribution in [1.82, 2.24) is 9.88 Å². The number of aliphatic hydroxyl groups excluding tert-OH is 1. The zero-order valence-corrected chi connectivity index (χ0v) is 11.6. The van der Waals surface area contributed by atoms with Gasteiger partial charge in [-0.3, -0.25) is 9.88 Å². The summed E-state index contributed by atoms with van der Waals surface area (Å²) in [5.74, 6) is 0. The van der Waals surface area contributed by atoms with Crippen LogP contribution in [-0.2, 0) is 13.0 Å². The third-order valence-electron chi connectivity index (χ3n) is 3.76. The summed E-state index contributed by atoms with van der Waals surface area (Å²) < 4.78 is 0. The first-order valence-corrected chi connectivity index (χ1v) is 7.59. The van der Waals surface area contributed by atoms with Gasteiger partial charge in [-0.05, 0) is 46.9 Å². The van der Waals surface area contributed by atoms with Crippen LogP contribution in [0.3, 0.4) is 0 Å². The third kappa shape index (κ3) is 3.03. The molecule has 0 spiro atoms.